The van der Waals surface area contributed by atoms with Gasteiger partial charge in [0, 0.05) is 12.0 Å². The van der Waals surface area contributed by atoms with Crippen LogP contribution in [0.4, 0.5) is 0 Å². The van der Waals surface area contributed by atoms with Crippen LogP contribution in [0.25, 0.3) is 0 Å². The van der Waals surface area contributed by atoms with Crippen molar-refractivity contribution < 1.29 is 19.2 Å². The van der Waals surface area contributed by atoms with E-state index in [2.05, 4.69) is 5.32 Å². The predicted molar refractivity (Wildman–Crippen MR) is 68.3 cm³/mol. The van der Waals surface area contributed by atoms with Crippen LogP contribution < -0.4 is 5.32 Å². The van der Waals surface area contributed by atoms with Gasteiger partial charge in [0.05, 0.1) is 0 Å². The summed E-state index contributed by atoms with van der Waals surface area (Å²) >= 11 is 0. The number of hydrogen-bond acceptors (Lipinski definition) is 4. The summed E-state index contributed by atoms with van der Waals surface area (Å²) in [6.45, 7) is 2.17. The second kappa shape index (κ2) is 4.72. The van der Waals surface area contributed by atoms with Crippen LogP contribution in [0.5, 0.6) is 0 Å². The maximum absolute atomic E-state index is 12.4. The maximum Gasteiger partial charge on any atom is 0.278 e. The van der Waals surface area contributed by atoms with Crippen molar-refractivity contribution in [3.8, 4) is 0 Å². The molecule has 2 aliphatic heterocycles. The van der Waals surface area contributed by atoms with Gasteiger partial charge in [-0.2, -0.15) is 0 Å². The third-order valence-electron chi connectivity index (χ3n) is 3.68. The topological polar surface area (TPSA) is 75.7 Å². The fourth-order valence-corrected chi connectivity index (χ4v) is 2.54. The maximum atomic E-state index is 12.4. The van der Waals surface area contributed by atoms with Crippen LogP contribution in [0.1, 0.15) is 34.3 Å². The van der Waals surface area contributed by atoms with Crippen molar-refractivity contribution in [1.29, 1.82) is 0 Å². The Morgan fingerprint density at radius 1 is 1.30 bits per heavy atom. The molecule has 1 atom stereocenters. The van der Waals surface area contributed by atoms with E-state index in [0.29, 0.717) is 5.56 Å². The monoisotopic (exact) mass is 274 g/mol. The summed E-state index contributed by atoms with van der Waals surface area (Å²) in [4.78, 5) is 40.9. The quantitative estimate of drug-likeness (QED) is 0.764. The van der Waals surface area contributed by atoms with Crippen molar-refractivity contribution in [2.75, 3.05) is 0 Å². The van der Waals surface area contributed by atoms with E-state index in [4.69, 9.17) is 4.84 Å². The minimum atomic E-state index is -0.742. The Hall–Kier alpha value is -2.21. The van der Waals surface area contributed by atoms with Gasteiger partial charge in [0.15, 0.2) is 0 Å². The molecule has 104 valence electrons. The third-order valence-corrected chi connectivity index (χ3v) is 3.68. The summed E-state index contributed by atoms with van der Waals surface area (Å²) < 4.78 is 0. The normalized spacial score (nSPS) is 22.6. The van der Waals surface area contributed by atoms with Gasteiger partial charge in [0.2, 0.25) is 5.91 Å². The number of fused-ring (bicyclic) bond motifs is 1. The van der Waals surface area contributed by atoms with Gasteiger partial charge in [-0.05, 0) is 30.5 Å². The average Bonchev–Trinajstić information content (AvgIpc) is 2.41. The lowest BCUT2D eigenvalue weighted by Gasteiger charge is -2.35. The molecule has 0 radical (unpaired) electrons. The summed E-state index contributed by atoms with van der Waals surface area (Å²) in [5.41, 5.74) is 2.39. The minimum absolute atomic E-state index is 0.213. The highest BCUT2D eigenvalue weighted by Gasteiger charge is 2.38. The molecule has 3 amide bonds. The van der Waals surface area contributed by atoms with Gasteiger partial charge in [0.25, 0.3) is 11.8 Å². The van der Waals surface area contributed by atoms with E-state index < -0.39 is 11.9 Å². The van der Waals surface area contributed by atoms with Crippen molar-refractivity contribution in [3.05, 3.63) is 34.9 Å². The van der Waals surface area contributed by atoms with E-state index in [1.54, 1.807) is 12.1 Å². The number of aryl methyl sites for hydroxylation is 1. The largest absolute Gasteiger partial charge is 0.295 e. The van der Waals surface area contributed by atoms with Crippen LogP contribution in [0.3, 0.4) is 0 Å². The molecule has 0 aliphatic carbocycles. The molecule has 1 fully saturated rings. The highest BCUT2D eigenvalue weighted by molar-refractivity contribution is 6.04. The Morgan fingerprint density at radius 3 is 2.85 bits per heavy atom. The van der Waals surface area contributed by atoms with Gasteiger partial charge < -0.3 is 0 Å². The number of imide groups is 1. The molecular weight excluding hydrogens is 260 g/mol. The van der Waals surface area contributed by atoms with Crippen molar-refractivity contribution in [2.45, 2.75) is 32.4 Å². The zero-order valence-corrected chi connectivity index (χ0v) is 11.0. The Morgan fingerprint density at radius 2 is 2.10 bits per heavy atom. The molecule has 2 aliphatic rings. The number of piperidine rings is 1. The van der Waals surface area contributed by atoms with Crippen LogP contribution in [0.15, 0.2) is 18.2 Å². The summed E-state index contributed by atoms with van der Waals surface area (Å²) in [5, 5.41) is 3.33. The van der Waals surface area contributed by atoms with E-state index in [0.717, 1.165) is 16.2 Å². The number of hydroxylamine groups is 2. The number of benzene rings is 1. The molecular formula is C14H14N2O4. The number of hydrogen-bond donors (Lipinski definition) is 1. The fourth-order valence-electron chi connectivity index (χ4n) is 2.54. The fraction of sp³-hybridized carbons (Fsp3) is 0.357. The number of rotatable bonds is 1. The Bertz CT molecular complexity index is 611. The Kier molecular flexibility index (Phi) is 3.02. The smallest absolute Gasteiger partial charge is 0.278 e. The van der Waals surface area contributed by atoms with Crippen LogP contribution in [-0.2, 0) is 21.0 Å². The van der Waals surface area contributed by atoms with Gasteiger partial charge in [-0.3, -0.25) is 24.5 Å². The Labute approximate surface area is 115 Å². The lowest BCUT2D eigenvalue weighted by atomic mass is 9.99. The number of amides is 3. The molecule has 0 aromatic heterocycles. The number of nitrogens with one attached hydrogen (secondary N) is 1. The van der Waals surface area contributed by atoms with E-state index in [-0.39, 0.29) is 31.3 Å². The number of carbonyl (C=O) groups excluding carboxylic acids is 3. The first-order chi connectivity index (χ1) is 9.58. The first-order valence-electron chi connectivity index (χ1n) is 6.46. The lowest BCUT2D eigenvalue weighted by molar-refractivity contribution is -0.179. The molecule has 0 spiro atoms. The molecule has 20 heavy (non-hydrogen) atoms. The zero-order valence-electron chi connectivity index (χ0n) is 11.0. The molecule has 0 saturated carbocycles. The second-order valence-corrected chi connectivity index (χ2v) is 4.97. The van der Waals surface area contributed by atoms with Gasteiger partial charge >= 0.3 is 0 Å². The molecule has 1 N–H and O–H groups in total. The Balaban J connectivity index is 1.89. The van der Waals surface area contributed by atoms with Crippen molar-refractivity contribution in [3.63, 3.8) is 0 Å². The summed E-state index contributed by atoms with van der Waals surface area (Å²) in [6.07, 6.45) is 0.502. The SMILES string of the molecule is Cc1cccc2c1CON(C1CCC(=O)NC1=O)C2=O. The van der Waals surface area contributed by atoms with Gasteiger partial charge in [-0.25, -0.2) is 5.06 Å². The second-order valence-electron chi connectivity index (χ2n) is 4.97. The van der Waals surface area contributed by atoms with Crippen LogP contribution in [-0.4, -0.2) is 28.8 Å². The van der Waals surface area contributed by atoms with Crippen molar-refractivity contribution in [2.24, 2.45) is 0 Å². The number of nitrogens with zero attached hydrogens (tertiary/aromatic N) is 1. The van der Waals surface area contributed by atoms with Crippen molar-refractivity contribution >= 4 is 17.7 Å². The molecule has 6 nitrogen and oxygen atoms in total. The highest BCUT2D eigenvalue weighted by Crippen LogP contribution is 2.26. The minimum Gasteiger partial charge on any atom is -0.295 e. The first kappa shape index (κ1) is 12.8. The standard InChI is InChI=1S/C14H14N2O4/c1-8-3-2-4-9-10(8)7-20-16(14(9)19)11-5-6-12(17)15-13(11)18/h2-4,11H,5-7H2,1H3,(H,15,17,18). The average molecular weight is 274 g/mol. The van der Waals surface area contributed by atoms with Crippen LogP contribution in [0, 0.1) is 6.92 Å². The summed E-state index contributed by atoms with van der Waals surface area (Å²) in [6, 6.07) is 4.71. The predicted octanol–water partition coefficient (Wildman–Crippen LogP) is 0.688. The summed E-state index contributed by atoms with van der Waals surface area (Å²) in [5.74, 6) is -1.12. The van der Waals surface area contributed by atoms with Crippen molar-refractivity contribution in [1.82, 2.24) is 10.4 Å². The molecule has 1 aromatic rings. The molecule has 1 unspecified atom stereocenters. The zero-order chi connectivity index (χ0) is 14.3. The van der Waals surface area contributed by atoms with Gasteiger partial charge in [-0.15, -0.1) is 0 Å². The molecule has 0 bridgehead atoms. The first-order valence-corrected chi connectivity index (χ1v) is 6.46. The van der Waals surface area contributed by atoms with E-state index in [1.165, 1.54) is 0 Å². The highest BCUT2D eigenvalue weighted by atomic mass is 16.7. The molecule has 2 heterocycles. The molecule has 1 aromatic carbocycles. The van der Waals surface area contributed by atoms with Crippen LogP contribution >= 0.6 is 0 Å². The van der Waals surface area contributed by atoms with Gasteiger partial charge in [0.1, 0.15) is 12.6 Å². The molecule has 3 rings (SSSR count). The summed E-state index contributed by atoms with van der Waals surface area (Å²) in [7, 11) is 0. The van der Waals surface area contributed by atoms with E-state index in [1.807, 2.05) is 13.0 Å². The lowest BCUT2D eigenvalue weighted by Crippen LogP contribution is -2.55. The van der Waals surface area contributed by atoms with Gasteiger partial charge in [-0.1, -0.05) is 12.1 Å². The molecule has 6 heteroatoms. The number of carbonyl (C=O) groups is 3. The van der Waals surface area contributed by atoms with E-state index in [9.17, 15) is 14.4 Å². The van der Waals surface area contributed by atoms with E-state index >= 15 is 0 Å². The van der Waals surface area contributed by atoms with Crippen LogP contribution in [0.2, 0.25) is 0 Å². The third kappa shape index (κ3) is 1.98. The molecule has 1 saturated heterocycles.